The molecule has 4 rings (SSSR count). The molecule has 0 bridgehead atoms. The zero-order chi connectivity index (χ0) is 20.8. The monoisotopic (exact) mass is 395 g/mol. The molecule has 30 heavy (non-hydrogen) atoms. The first-order chi connectivity index (χ1) is 14.7. The van der Waals surface area contributed by atoms with E-state index >= 15 is 0 Å². The molecule has 1 N–H and O–H groups in total. The van der Waals surface area contributed by atoms with Crippen LogP contribution in [-0.2, 0) is 6.42 Å². The van der Waals surface area contributed by atoms with Gasteiger partial charge < -0.3 is 10.1 Å². The first-order valence-electron chi connectivity index (χ1n) is 9.68. The lowest BCUT2D eigenvalue weighted by atomic mass is 10.1. The van der Waals surface area contributed by atoms with Gasteiger partial charge in [-0.15, -0.1) is 0 Å². The second-order valence-corrected chi connectivity index (χ2v) is 6.84. The first-order valence-corrected chi connectivity index (χ1v) is 9.68. The molecule has 148 valence electrons. The standard InChI is InChI=1S/C25H21N3O2/c1-18-23(17-26-24(27-18)16-19-8-4-2-5-9-19)25(29)28-20-12-14-22(15-13-20)30-21-10-6-3-7-11-21/h2-15,17H,16H2,1H3,(H,28,29). The van der Waals surface area contributed by atoms with Crippen LogP contribution in [-0.4, -0.2) is 15.9 Å². The molecule has 0 fully saturated rings. The van der Waals surface area contributed by atoms with Crippen molar-refractivity contribution in [3.63, 3.8) is 0 Å². The van der Waals surface area contributed by atoms with E-state index in [4.69, 9.17) is 4.74 Å². The van der Waals surface area contributed by atoms with Crippen LogP contribution in [0.15, 0.2) is 91.1 Å². The molecule has 0 saturated heterocycles. The summed E-state index contributed by atoms with van der Waals surface area (Å²) in [5.74, 6) is 1.91. The Kier molecular flexibility index (Phi) is 5.80. The molecule has 1 heterocycles. The number of hydrogen-bond donors (Lipinski definition) is 1. The smallest absolute Gasteiger partial charge is 0.259 e. The van der Waals surface area contributed by atoms with E-state index in [-0.39, 0.29) is 5.91 Å². The van der Waals surface area contributed by atoms with Gasteiger partial charge in [0.2, 0.25) is 0 Å². The van der Waals surface area contributed by atoms with E-state index in [1.54, 1.807) is 18.3 Å². The summed E-state index contributed by atoms with van der Waals surface area (Å²) in [6, 6.07) is 26.8. The Morgan fingerprint density at radius 2 is 1.50 bits per heavy atom. The van der Waals surface area contributed by atoms with Gasteiger partial charge in [0.25, 0.3) is 5.91 Å². The Hall–Kier alpha value is -3.99. The Balaban J connectivity index is 1.41. The summed E-state index contributed by atoms with van der Waals surface area (Å²) < 4.78 is 5.77. The molecule has 1 aromatic heterocycles. The van der Waals surface area contributed by atoms with E-state index in [9.17, 15) is 4.79 Å². The van der Waals surface area contributed by atoms with Gasteiger partial charge >= 0.3 is 0 Å². The Labute approximate surface area is 175 Å². The second-order valence-electron chi connectivity index (χ2n) is 6.84. The number of para-hydroxylation sites is 1. The van der Waals surface area contributed by atoms with Crippen molar-refractivity contribution < 1.29 is 9.53 Å². The quantitative estimate of drug-likeness (QED) is 0.473. The number of nitrogens with zero attached hydrogens (tertiary/aromatic N) is 2. The fourth-order valence-electron chi connectivity index (χ4n) is 3.03. The molecule has 0 unspecified atom stereocenters. The molecule has 4 aromatic rings. The fourth-order valence-corrected chi connectivity index (χ4v) is 3.03. The van der Waals surface area contributed by atoms with Crippen molar-refractivity contribution in [3.05, 3.63) is 114 Å². The maximum atomic E-state index is 12.7. The minimum Gasteiger partial charge on any atom is -0.457 e. The molecule has 0 spiro atoms. The molecule has 0 aliphatic rings. The number of anilines is 1. The number of aromatic nitrogens is 2. The maximum Gasteiger partial charge on any atom is 0.259 e. The molecule has 5 heteroatoms. The summed E-state index contributed by atoms with van der Waals surface area (Å²) in [6.07, 6.45) is 2.22. The van der Waals surface area contributed by atoms with Crippen molar-refractivity contribution in [1.82, 2.24) is 9.97 Å². The number of benzene rings is 3. The van der Waals surface area contributed by atoms with Crippen LogP contribution < -0.4 is 10.1 Å². The van der Waals surface area contributed by atoms with Crippen LogP contribution in [0.2, 0.25) is 0 Å². The zero-order valence-electron chi connectivity index (χ0n) is 16.6. The van der Waals surface area contributed by atoms with Crippen molar-refractivity contribution in [2.24, 2.45) is 0 Å². The number of nitrogens with one attached hydrogen (secondary N) is 1. The highest BCUT2D eigenvalue weighted by Gasteiger charge is 2.12. The topological polar surface area (TPSA) is 64.1 Å². The van der Waals surface area contributed by atoms with Gasteiger partial charge in [0, 0.05) is 18.3 Å². The van der Waals surface area contributed by atoms with Crippen LogP contribution in [0.25, 0.3) is 0 Å². The maximum absolute atomic E-state index is 12.7. The number of amides is 1. The van der Waals surface area contributed by atoms with Crippen LogP contribution in [0.4, 0.5) is 5.69 Å². The number of ether oxygens (including phenoxy) is 1. The largest absolute Gasteiger partial charge is 0.457 e. The van der Waals surface area contributed by atoms with Gasteiger partial charge in [-0.25, -0.2) is 9.97 Å². The van der Waals surface area contributed by atoms with Crippen molar-refractivity contribution in [3.8, 4) is 11.5 Å². The van der Waals surface area contributed by atoms with Crippen LogP contribution in [0.1, 0.15) is 27.4 Å². The first kappa shape index (κ1) is 19.3. The van der Waals surface area contributed by atoms with E-state index in [2.05, 4.69) is 15.3 Å². The molecular formula is C25H21N3O2. The predicted molar refractivity (Wildman–Crippen MR) is 117 cm³/mol. The van der Waals surface area contributed by atoms with Crippen LogP contribution in [0.3, 0.4) is 0 Å². The third kappa shape index (κ3) is 4.89. The summed E-state index contributed by atoms with van der Waals surface area (Å²) >= 11 is 0. The summed E-state index contributed by atoms with van der Waals surface area (Å²) in [5, 5.41) is 2.88. The van der Waals surface area contributed by atoms with Gasteiger partial charge in [-0.3, -0.25) is 4.79 Å². The van der Waals surface area contributed by atoms with Crippen molar-refractivity contribution >= 4 is 11.6 Å². The lowest BCUT2D eigenvalue weighted by Gasteiger charge is -2.10. The highest BCUT2D eigenvalue weighted by atomic mass is 16.5. The third-order valence-electron chi connectivity index (χ3n) is 4.57. The van der Waals surface area contributed by atoms with Gasteiger partial charge in [0.05, 0.1) is 11.3 Å². The van der Waals surface area contributed by atoms with Gasteiger partial charge in [-0.05, 0) is 48.9 Å². The lowest BCUT2D eigenvalue weighted by molar-refractivity contribution is 0.102. The van der Waals surface area contributed by atoms with Crippen LogP contribution in [0.5, 0.6) is 11.5 Å². The molecule has 5 nitrogen and oxygen atoms in total. The summed E-state index contributed by atoms with van der Waals surface area (Å²) in [7, 11) is 0. The van der Waals surface area contributed by atoms with Gasteiger partial charge in [0.15, 0.2) is 0 Å². The Bertz CT molecular complexity index is 1130. The normalized spacial score (nSPS) is 10.4. The Morgan fingerprint density at radius 1 is 0.867 bits per heavy atom. The highest BCUT2D eigenvalue weighted by molar-refractivity contribution is 6.04. The van der Waals surface area contributed by atoms with E-state index in [1.807, 2.05) is 79.7 Å². The summed E-state index contributed by atoms with van der Waals surface area (Å²) in [6.45, 7) is 1.82. The number of hydrogen-bond acceptors (Lipinski definition) is 4. The van der Waals surface area contributed by atoms with Crippen molar-refractivity contribution in [2.45, 2.75) is 13.3 Å². The molecule has 0 atom stereocenters. The number of carbonyl (C=O) groups excluding carboxylic acids is 1. The molecule has 1 amide bonds. The minimum absolute atomic E-state index is 0.240. The van der Waals surface area contributed by atoms with Gasteiger partial charge in [-0.1, -0.05) is 48.5 Å². The molecular weight excluding hydrogens is 374 g/mol. The van der Waals surface area contributed by atoms with E-state index in [0.717, 1.165) is 11.3 Å². The highest BCUT2D eigenvalue weighted by Crippen LogP contribution is 2.23. The minimum atomic E-state index is -0.240. The molecule has 0 saturated carbocycles. The zero-order valence-corrected chi connectivity index (χ0v) is 16.6. The van der Waals surface area contributed by atoms with Crippen molar-refractivity contribution in [1.29, 1.82) is 0 Å². The lowest BCUT2D eigenvalue weighted by Crippen LogP contribution is -2.15. The predicted octanol–water partition coefficient (Wildman–Crippen LogP) is 5.42. The molecule has 0 radical (unpaired) electrons. The third-order valence-corrected chi connectivity index (χ3v) is 4.57. The fraction of sp³-hybridized carbons (Fsp3) is 0.0800. The van der Waals surface area contributed by atoms with E-state index in [0.29, 0.717) is 34.9 Å². The molecule has 0 aliphatic carbocycles. The van der Waals surface area contributed by atoms with Crippen LogP contribution >= 0.6 is 0 Å². The summed E-state index contributed by atoms with van der Waals surface area (Å²) in [4.78, 5) is 21.5. The number of aryl methyl sites for hydroxylation is 1. The summed E-state index contributed by atoms with van der Waals surface area (Å²) in [5.41, 5.74) is 2.91. The van der Waals surface area contributed by atoms with E-state index < -0.39 is 0 Å². The van der Waals surface area contributed by atoms with Crippen LogP contribution in [0, 0.1) is 6.92 Å². The van der Waals surface area contributed by atoms with E-state index in [1.165, 1.54) is 0 Å². The second kappa shape index (κ2) is 9.01. The molecule has 0 aliphatic heterocycles. The average Bonchev–Trinajstić information content (AvgIpc) is 2.76. The molecule has 3 aromatic carbocycles. The van der Waals surface area contributed by atoms with Crippen molar-refractivity contribution in [2.75, 3.05) is 5.32 Å². The number of rotatable bonds is 6. The van der Waals surface area contributed by atoms with Gasteiger partial charge in [-0.2, -0.15) is 0 Å². The van der Waals surface area contributed by atoms with Gasteiger partial charge in [0.1, 0.15) is 17.3 Å². The number of carbonyl (C=O) groups is 1. The SMILES string of the molecule is Cc1nc(Cc2ccccc2)ncc1C(=O)Nc1ccc(Oc2ccccc2)cc1. The average molecular weight is 395 g/mol. The Morgan fingerprint density at radius 3 is 2.17 bits per heavy atom.